The molecule has 1 aromatic heterocycles. The van der Waals surface area contributed by atoms with Gasteiger partial charge in [-0.25, -0.2) is 0 Å². The highest BCUT2D eigenvalue weighted by molar-refractivity contribution is 9.11. The number of halogens is 1. The molecular formula is C10H16BrNOS. The number of thiophene rings is 1. The monoisotopic (exact) mass is 277 g/mol. The van der Waals surface area contributed by atoms with Gasteiger partial charge in [0.05, 0.1) is 16.4 Å². The second kappa shape index (κ2) is 5.85. The quantitative estimate of drug-likeness (QED) is 0.893. The Hall–Kier alpha value is 0.1000. The van der Waals surface area contributed by atoms with E-state index in [0.29, 0.717) is 6.04 Å². The Morgan fingerprint density at radius 2 is 2.36 bits per heavy atom. The van der Waals surface area contributed by atoms with Crippen LogP contribution in [0.15, 0.2) is 9.85 Å². The van der Waals surface area contributed by atoms with Crippen LogP contribution in [0.2, 0.25) is 0 Å². The molecule has 0 aromatic carbocycles. The van der Waals surface area contributed by atoms with Crippen LogP contribution in [0.25, 0.3) is 0 Å². The molecule has 0 spiro atoms. The van der Waals surface area contributed by atoms with Crippen molar-refractivity contribution in [1.82, 2.24) is 5.32 Å². The number of nitrogens with one attached hydrogen (secondary N) is 1. The first-order valence-electron chi connectivity index (χ1n) is 4.69. The molecule has 4 heteroatoms. The van der Waals surface area contributed by atoms with E-state index in [1.165, 1.54) is 14.2 Å². The summed E-state index contributed by atoms with van der Waals surface area (Å²) in [5, 5.41) is 3.26. The Bertz CT molecular complexity index is 268. The van der Waals surface area contributed by atoms with Crippen molar-refractivity contribution in [2.45, 2.75) is 19.9 Å². The lowest BCUT2D eigenvalue weighted by atomic mass is 10.2. The van der Waals surface area contributed by atoms with Gasteiger partial charge in [-0.1, -0.05) is 0 Å². The summed E-state index contributed by atoms with van der Waals surface area (Å²) in [5.74, 6) is 0. The summed E-state index contributed by atoms with van der Waals surface area (Å²) in [7, 11) is 1.96. The Balaban J connectivity index is 2.68. The first-order chi connectivity index (χ1) is 6.69. The van der Waals surface area contributed by atoms with Gasteiger partial charge in [0.15, 0.2) is 0 Å². The second-order valence-electron chi connectivity index (χ2n) is 3.11. The maximum atomic E-state index is 5.42. The molecule has 1 unspecified atom stereocenters. The van der Waals surface area contributed by atoms with Crippen molar-refractivity contribution in [2.75, 3.05) is 20.3 Å². The van der Waals surface area contributed by atoms with E-state index in [1.54, 1.807) is 11.3 Å². The van der Waals surface area contributed by atoms with Crippen molar-refractivity contribution in [3.8, 4) is 0 Å². The number of hydrogen-bond donors (Lipinski definition) is 1. The van der Waals surface area contributed by atoms with E-state index in [4.69, 9.17) is 4.74 Å². The van der Waals surface area contributed by atoms with Crippen LogP contribution in [0.1, 0.15) is 23.4 Å². The smallest absolute Gasteiger partial charge is 0.0731 e. The Kier molecular flexibility index (Phi) is 5.09. The summed E-state index contributed by atoms with van der Waals surface area (Å²) >= 11 is 5.30. The molecule has 1 rings (SSSR count). The minimum atomic E-state index is 0.310. The van der Waals surface area contributed by atoms with Gasteiger partial charge in [0.1, 0.15) is 0 Å². The Morgan fingerprint density at radius 1 is 1.64 bits per heavy atom. The third kappa shape index (κ3) is 3.05. The van der Waals surface area contributed by atoms with Gasteiger partial charge in [-0.3, -0.25) is 0 Å². The summed E-state index contributed by atoms with van der Waals surface area (Å²) in [4.78, 5) is 1.32. The van der Waals surface area contributed by atoms with Gasteiger partial charge in [-0.15, -0.1) is 11.3 Å². The maximum Gasteiger partial charge on any atom is 0.0731 e. The van der Waals surface area contributed by atoms with Gasteiger partial charge in [0.2, 0.25) is 0 Å². The fourth-order valence-electron chi connectivity index (χ4n) is 1.20. The summed E-state index contributed by atoms with van der Waals surface area (Å²) in [6, 6.07) is 2.51. The predicted octanol–water partition coefficient (Wildman–Crippen LogP) is 3.12. The summed E-state index contributed by atoms with van der Waals surface area (Å²) in [6.45, 7) is 5.63. The molecule has 2 nitrogen and oxygen atoms in total. The largest absolute Gasteiger partial charge is 0.380 e. The minimum Gasteiger partial charge on any atom is -0.380 e. The van der Waals surface area contributed by atoms with Gasteiger partial charge in [-0.2, -0.15) is 0 Å². The Morgan fingerprint density at radius 3 is 2.79 bits per heavy atom. The molecule has 0 saturated heterocycles. The lowest BCUT2D eigenvalue weighted by Crippen LogP contribution is -2.20. The third-order valence-corrected chi connectivity index (χ3v) is 4.31. The first-order valence-corrected chi connectivity index (χ1v) is 6.30. The molecular weight excluding hydrogens is 262 g/mol. The minimum absolute atomic E-state index is 0.310. The SMILES string of the molecule is CCOCC(NC)c1cc(C)c(Br)s1. The molecule has 14 heavy (non-hydrogen) atoms. The zero-order valence-corrected chi connectivity index (χ0v) is 11.2. The Labute approximate surface area is 97.8 Å². The summed E-state index contributed by atoms with van der Waals surface area (Å²) < 4.78 is 6.63. The molecule has 0 aliphatic heterocycles. The van der Waals surface area contributed by atoms with E-state index >= 15 is 0 Å². The van der Waals surface area contributed by atoms with Crippen LogP contribution in [0.3, 0.4) is 0 Å². The maximum absolute atomic E-state index is 5.42. The van der Waals surface area contributed by atoms with E-state index in [9.17, 15) is 0 Å². The van der Waals surface area contributed by atoms with Gasteiger partial charge in [-0.05, 0) is 48.5 Å². The van der Waals surface area contributed by atoms with Gasteiger partial charge in [0, 0.05) is 11.5 Å². The van der Waals surface area contributed by atoms with Gasteiger partial charge in [0.25, 0.3) is 0 Å². The first kappa shape index (κ1) is 12.2. The predicted molar refractivity (Wildman–Crippen MR) is 65.0 cm³/mol. The van der Waals surface area contributed by atoms with Crippen molar-refractivity contribution in [3.63, 3.8) is 0 Å². The second-order valence-corrected chi connectivity index (χ2v) is 5.51. The highest BCUT2D eigenvalue weighted by Gasteiger charge is 2.13. The number of aryl methyl sites for hydroxylation is 1. The van der Waals surface area contributed by atoms with Crippen molar-refractivity contribution in [2.24, 2.45) is 0 Å². The van der Waals surface area contributed by atoms with Gasteiger partial charge >= 0.3 is 0 Å². The number of hydrogen-bond acceptors (Lipinski definition) is 3. The van der Waals surface area contributed by atoms with Crippen molar-refractivity contribution in [1.29, 1.82) is 0 Å². The molecule has 0 radical (unpaired) electrons. The molecule has 0 amide bonds. The zero-order chi connectivity index (χ0) is 10.6. The van der Waals surface area contributed by atoms with E-state index in [-0.39, 0.29) is 0 Å². The average molecular weight is 278 g/mol. The number of rotatable bonds is 5. The lowest BCUT2D eigenvalue weighted by Gasteiger charge is -2.13. The van der Waals surface area contributed by atoms with Crippen LogP contribution in [-0.2, 0) is 4.74 Å². The lowest BCUT2D eigenvalue weighted by molar-refractivity contribution is 0.126. The van der Waals surface area contributed by atoms with E-state index in [1.807, 2.05) is 14.0 Å². The standard InChI is InChI=1S/C10H16BrNOS/c1-4-13-6-8(12-3)9-5-7(2)10(11)14-9/h5,8,12H,4,6H2,1-3H3. The van der Waals surface area contributed by atoms with Crippen molar-refractivity contribution >= 4 is 27.3 Å². The van der Waals surface area contributed by atoms with Crippen LogP contribution >= 0.6 is 27.3 Å². The van der Waals surface area contributed by atoms with Crippen LogP contribution in [-0.4, -0.2) is 20.3 Å². The van der Waals surface area contributed by atoms with E-state index in [0.717, 1.165) is 13.2 Å². The number of ether oxygens (including phenoxy) is 1. The van der Waals surface area contributed by atoms with Crippen LogP contribution in [0.4, 0.5) is 0 Å². The topological polar surface area (TPSA) is 21.3 Å². The molecule has 0 aliphatic rings. The highest BCUT2D eigenvalue weighted by atomic mass is 79.9. The zero-order valence-electron chi connectivity index (χ0n) is 8.76. The van der Waals surface area contributed by atoms with E-state index < -0.39 is 0 Å². The van der Waals surface area contributed by atoms with Crippen molar-refractivity contribution < 1.29 is 4.74 Å². The van der Waals surface area contributed by atoms with Gasteiger partial charge < -0.3 is 10.1 Å². The molecule has 0 saturated carbocycles. The molecule has 0 bridgehead atoms. The summed E-state index contributed by atoms with van der Waals surface area (Å²) in [5.41, 5.74) is 1.29. The van der Waals surface area contributed by atoms with Crippen LogP contribution < -0.4 is 5.32 Å². The fraction of sp³-hybridized carbons (Fsp3) is 0.600. The van der Waals surface area contributed by atoms with Crippen LogP contribution in [0, 0.1) is 6.92 Å². The molecule has 1 atom stereocenters. The fourth-order valence-corrected chi connectivity index (χ4v) is 2.86. The molecule has 1 N–H and O–H groups in total. The molecule has 1 heterocycles. The normalized spacial score (nSPS) is 13.1. The molecule has 1 aromatic rings. The molecule has 0 aliphatic carbocycles. The third-order valence-electron chi connectivity index (χ3n) is 2.06. The molecule has 80 valence electrons. The molecule has 0 fully saturated rings. The highest BCUT2D eigenvalue weighted by Crippen LogP contribution is 2.31. The average Bonchev–Trinajstić information content (AvgIpc) is 2.48. The van der Waals surface area contributed by atoms with E-state index in [2.05, 4.69) is 34.2 Å². The number of likely N-dealkylation sites (N-methyl/N-ethyl adjacent to an activating group) is 1. The van der Waals surface area contributed by atoms with Crippen molar-refractivity contribution in [3.05, 3.63) is 20.3 Å². The van der Waals surface area contributed by atoms with Crippen LogP contribution in [0.5, 0.6) is 0 Å². The summed E-state index contributed by atoms with van der Waals surface area (Å²) in [6.07, 6.45) is 0.